The molecule has 3 aromatic carbocycles. The van der Waals surface area contributed by atoms with Gasteiger partial charge in [-0.25, -0.2) is 8.42 Å². The van der Waals surface area contributed by atoms with Crippen LogP contribution >= 0.6 is 0 Å². The molecule has 0 atom stereocenters. The third-order valence-corrected chi connectivity index (χ3v) is 6.76. The fraction of sp³-hybridized carbons (Fsp3) is 0.125. The molecule has 0 aliphatic heterocycles. The Hall–Kier alpha value is -4.56. The monoisotopic (exact) mass is 492 g/mol. The standard InChI is InChI=1S/C24H20N4O6S/c1-27-20-12-19(26-35(31,32)18-6-4-5-15(11-18)14-25)22(13-21(20)28(2)24(30)23(27)29)34-17-9-7-16(33-3)8-10-17/h4-13,26H,1-3H3. The van der Waals surface area contributed by atoms with Crippen molar-refractivity contribution in [3.63, 3.8) is 0 Å². The summed E-state index contributed by atoms with van der Waals surface area (Å²) in [5, 5.41) is 9.13. The van der Waals surface area contributed by atoms with E-state index < -0.39 is 21.1 Å². The van der Waals surface area contributed by atoms with Crippen LogP contribution in [0.4, 0.5) is 5.69 Å². The maximum atomic E-state index is 13.2. The second-order valence-electron chi connectivity index (χ2n) is 7.59. The average molecular weight is 493 g/mol. The Morgan fingerprint density at radius 2 is 1.49 bits per heavy atom. The van der Waals surface area contributed by atoms with Gasteiger partial charge in [0, 0.05) is 20.2 Å². The Morgan fingerprint density at radius 1 is 0.886 bits per heavy atom. The normalized spacial score (nSPS) is 11.1. The van der Waals surface area contributed by atoms with E-state index in [-0.39, 0.29) is 21.9 Å². The molecule has 4 rings (SSSR count). The molecule has 1 N–H and O–H groups in total. The van der Waals surface area contributed by atoms with Crippen LogP contribution in [0.5, 0.6) is 17.2 Å². The van der Waals surface area contributed by atoms with E-state index in [1.807, 2.05) is 6.07 Å². The van der Waals surface area contributed by atoms with Gasteiger partial charge in [-0.1, -0.05) is 6.07 Å². The minimum atomic E-state index is -4.14. The third kappa shape index (κ3) is 4.47. The summed E-state index contributed by atoms with van der Waals surface area (Å²) in [5.74, 6) is 1.08. The second-order valence-corrected chi connectivity index (χ2v) is 9.27. The Labute approximate surface area is 200 Å². The van der Waals surface area contributed by atoms with Gasteiger partial charge in [-0.15, -0.1) is 0 Å². The number of fused-ring (bicyclic) bond motifs is 1. The van der Waals surface area contributed by atoms with Gasteiger partial charge in [-0.3, -0.25) is 14.3 Å². The van der Waals surface area contributed by atoms with E-state index in [1.54, 1.807) is 24.3 Å². The van der Waals surface area contributed by atoms with Crippen molar-refractivity contribution in [1.82, 2.24) is 9.13 Å². The number of methoxy groups -OCH3 is 1. The summed E-state index contributed by atoms with van der Waals surface area (Å²) in [4.78, 5) is 24.6. The largest absolute Gasteiger partial charge is 0.497 e. The highest BCUT2D eigenvalue weighted by Crippen LogP contribution is 2.35. The van der Waals surface area contributed by atoms with E-state index >= 15 is 0 Å². The fourth-order valence-electron chi connectivity index (χ4n) is 3.47. The van der Waals surface area contributed by atoms with Gasteiger partial charge in [-0.05, 0) is 48.5 Å². The highest BCUT2D eigenvalue weighted by Gasteiger charge is 2.20. The molecule has 0 amide bonds. The lowest BCUT2D eigenvalue weighted by Crippen LogP contribution is -2.39. The predicted octanol–water partition coefficient (Wildman–Crippen LogP) is 2.71. The highest BCUT2D eigenvalue weighted by molar-refractivity contribution is 7.92. The van der Waals surface area contributed by atoms with Crippen molar-refractivity contribution in [1.29, 1.82) is 5.26 Å². The molecular weight excluding hydrogens is 472 g/mol. The van der Waals surface area contributed by atoms with Gasteiger partial charge in [0.05, 0.1) is 40.4 Å². The molecule has 0 radical (unpaired) electrons. The number of nitriles is 1. The van der Waals surface area contributed by atoms with E-state index in [2.05, 4.69) is 4.72 Å². The molecule has 0 unspecified atom stereocenters. The maximum absolute atomic E-state index is 13.2. The van der Waals surface area contributed by atoms with Crippen LogP contribution in [0.2, 0.25) is 0 Å². The zero-order valence-corrected chi connectivity index (χ0v) is 19.8. The molecule has 35 heavy (non-hydrogen) atoms. The van der Waals surface area contributed by atoms with E-state index in [4.69, 9.17) is 14.7 Å². The first-order valence-electron chi connectivity index (χ1n) is 10.2. The zero-order valence-electron chi connectivity index (χ0n) is 19.0. The number of benzene rings is 3. The number of aryl methyl sites for hydroxylation is 2. The molecule has 0 saturated carbocycles. The molecule has 0 spiro atoms. The molecule has 0 bridgehead atoms. The van der Waals surface area contributed by atoms with Crippen LogP contribution in [0.1, 0.15) is 5.56 Å². The number of anilines is 1. The van der Waals surface area contributed by atoms with Crippen LogP contribution in [0.15, 0.2) is 75.1 Å². The van der Waals surface area contributed by atoms with Crippen LogP contribution in [0, 0.1) is 11.3 Å². The molecule has 0 fully saturated rings. The molecule has 1 heterocycles. The first kappa shape index (κ1) is 23.6. The van der Waals surface area contributed by atoms with Crippen molar-refractivity contribution in [2.75, 3.05) is 11.8 Å². The Morgan fingerprint density at radius 3 is 2.09 bits per heavy atom. The third-order valence-electron chi connectivity index (χ3n) is 5.40. The number of nitrogens with one attached hydrogen (secondary N) is 1. The molecule has 4 aromatic rings. The summed E-state index contributed by atoms with van der Waals surface area (Å²) in [6.07, 6.45) is 0. The number of hydrogen-bond acceptors (Lipinski definition) is 7. The topological polar surface area (TPSA) is 132 Å². The number of aromatic nitrogens is 2. The van der Waals surface area contributed by atoms with Gasteiger partial charge >= 0.3 is 11.1 Å². The van der Waals surface area contributed by atoms with Crippen molar-refractivity contribution in [2.24, 2.45) is 14.1 Å². The summed E-state index contributed by atoms with van der Waals surface area (Å²) in [7, 11) is 0.254. The fourth-order valence-corrected chi connectivity index (χ4v) is 4.58. The first-order chi connectivity index (χ1) is 16.6. The summed E-state index contributed by atoms with van der Waals surface area (Å²) >= 11 is 0. The average Bonchev–Trinajstić information content (AvgIpc) is 2.87. The lowest BCUT2D eigenvalue weighted by atomic mass is 10.2. The van der Waals surface area contributed by atoms with Gasteiger partial charge in [-0.2, -0.15) is 5.26 Å². The van der Waals surface area contributed by atoms with Crippen LogP contribution in [0.3, 0.4) is 0 Å². The first-order valence-corrected chi connectivity index (χ1v) is 11.7. The molecule has 178 valence electrons. The van der Waals surface area contributed by atoms with Gasteiger partial charge < -0.3 is 18.6 Å². The van der Waals surface area contributed by atoms with Crippen molar-refractivity contribution in [3.8, 4) is 23.3 Å². The predicted molar refractivity (Wildman–Crippen MR) is 129 cm³/mol. The molecule has 10 nitrogen and oxygen atoms in total. The smallest absolute Gasteiger partial charge is 0.316 e. The van der Waals surface area contributed by atoms with Gasteiger partial charge in [0.15, 0.2) is 5.75 Å². The Bertz CT molecular complexity index is 1710. The number of rotatable bonds is 6. The molecule has 0 aliphatic carbocycles. The minimum Gasteiger partial charge on any atom is -0.497 e. The summed E-state index contributed by atoms with van der Waals surface area (Å²) < 4.78 is 42.2. The van der Waals surface area contributed by atoms with Crippen LogP contribution in [-0.2, 0) is 24.1 Å². The SMILES string of the molecule is COc1ccc(Oc2cc3c(cc2NS(=O)(=O)c2cccc(C#N)c2)n(C)c(=O)c(=O)n3C)cc1. The molecule has 1 aromatic heterocycles. The van der Waals surface area contributed by atoms with Crippen LogP contribution in [-0.4, -0.2) is 24.7 Å². The Kier molecular flexibility index (Phi) is 6.07. The molecule has 11 heteroatoms. The lowest BCUT2D eigenvalue weighted by molar-refractivity contribution is 0.413. The van der Waals surface area contributed by atoms with Crippen molar-refractivity contribution in [2.45, 2.75) is 4.90 Å². The quantitative estimate of drug-likeness (QED) is 0.409. The van der Waals surface area contributed by atoms with E-state index in [0.29, 0.717) is 22.5 Å². The highest BCUT2D eigenvalue weighted by atomic mass is 32.2. The second kappa shape index (κ2) is 9.00. The number of sulfonamides is 1. The Balaban J connectivity index is 1.90. The number of ether oxygens (including phenoxy) is 2. The number of hydrogen-bond donors (Lipinski definition) is 1. The molecule has 0 aliphatic rings. The van der Waals surface area contributed by atoms with Crippen molar-refractivity contribution >= 4 is 26.7 Å². The lowest BCUT2D eigenvalue weighted by Gasteiger charge is -2.17. The van der Waals surface area contributed by atoms with Gasteiger partial charge in [0.1, 0.15) is 11.5 Å². The van der Waals surface area contributed by atoms with Gasteiger partial charge in [0.2, 0.25) is 0 Å². The molecular formula is C24H20N4O6S. The van der Waals surface area contributed by atoms with Gasteiger partial charge in [0.25, 0.3) is 10.0 Å². The number of nitrogens with zero attached hydrogens (tertiary/aromatic N) is 3. The summed E-state index contributed by atoms with van der Waals surface area (Å²) in [5.41, 5.74) is -0.628. The van der Waals surface area contributed by atoms with Crippen LogP contribution < -0.4 is 25.3 Å². The maximum Gasteiger partial charge on any atom is 0.316 e. The van der Waals surface area contributed by atoms with Crippen molar-refractivity contribution < 1.29 is 17.9 Å². The molecule has 0 saturated heterocycles. The van der Waals surface area contributed by atoms with Crippen LogP contribution in [0.25, 0.3) is 11.0 Å². The summed E-state index contributed by atoms with van der Waals surface area (Å²) in [6.45, 7) is 0. The van der Waals surface area contributed by atoms with E-state index in [0.717, 1.165) is 4.57 Å². The minimum absolute atomic E-state index is 0.0318. The summed E-state index contributed by atoms with van der Waals surface area (Å²) in [6, 6.07) is 17.0. The van der Waals surface area contributed by atoms with Crippen molar-refractivity contribution in [3.05, 3.63) is 86.9 Å². The van der Waals surface area contributed by atoms with E-state index in [1.165, 1.54) is 62.2 Å². The zero-order chi connectivity index (χ0) is 25.3. The van der Waals surface area contributed by atoms with E-state index in [9.17, 15) is 18.0 Å².